The molecule has 3 heterocycles. The molecule has 1 unspecified atom stereocenters. The quantitative estimate of drug-likeness (QED) is 0.880. The molecule has 0 aliphatic carbocycles. The summed E-state index contributed by atoms with van der Waals surface area (Å²) < 4.78 is 37.7. The molecule has 1 atom stereocenters. The van der Waals surface area contributed by atoms with Gasteiger partial charge in [0.1, 0.15) is 12.0 Å². The highest BCUT2D eigenvalue weighted by atomic mass is 19.4. The number of hydrogen-bond donors (Lipinski definition) is 2. The van der Waals surface area contributed by atoms with Crippen LogP contribution in [-0.2, 0) is 17.5 Å². The highest BCUT2D eigenvalue weighted by Gasteiger charge is 2.38. The molecule has 1 aliphatic heterocycles. The first-order valence-electron chi connectivity index (χ1n) is 7.66. The Hall–Kier alpha value is -2.55. The van der Waals surface area contributed by atoms with Crippen molar-refractivity contribution in [3.05, 3.63) is 42.1 Å². The van der Waals surface area contributed by atoms with E-state index < -0.39 is 17.4 Å². The maximum atomic E-state index is 12.6. The second-order valence-electron chi connectivity index (χ2n) is 6.02. The molecular formula is C16H16F3N5O. The van der Waals surface area contributed by atoms with Gasteiger partial charge in [-0.25, -0.2) is 9.97 Å². The summed E-state index contributed by atoms with van der Waals surface area (Å²) in [5.74, 6) is -0.116. The van der Waals surface area contributed by atoms with Gasteiger partial charge in [0.15, 0.2) is 0 Å². The van der Waals surface area contributed by atoms with Crippen molar-refractivity contribution in [2.45, 2.75) is 31.6 Å². The molecule has 0 spiro atoms. The summed E-state index contributed by atoms with van der Waals surface area (Å²) in [6, 6.07) is 3.82. The van der Waals surface area contributed by atoms with Crippen molar-refractivity contribution in [1.82, 2.24) is 25.6 Å². The van der Waals surface area contributed by atoms with E-state index in [1.807, 2.05) is 6.92 Å². The van der Waals surface area contributed by atoms with Crippen LogP contribution in [0.1, 0.15) is 24.7 Å². The molecule has 1 fully saturated rings. The molecule has 3 rings (SSSR count). The predicted molar refractivity (Wildman–Crippen MR) is 83.1 cm³/mol. The first kappa shape index (κ1) is 17.3. The van der Waals surface area contributed by atoms with Crippen LogP contribution in [0.4, 0.5) is 13.2 Å². The van der Waals surface area contributed by atoms with Gasteiger partial charge in [-0.2, -0.15) is 13.2 Å². The maximum absolute atomic E-state index is 12.6. The van der Waals surface area contributed by atoms with E-state index in [1.165, 1.54) is 12.4 Å². The van der Waals surface area contributed by atoms with Gasteiger partial charge in [0, 0.05) is 11.8 Å². The van der Waals surface area contributed by atoms with Gasteiger partial charge >= 0.3 is 6.18 Å². The molecule has 0 aromatic carbocycles. The number of aromatic nitrogens is 3. The van der Waals surface area contributed by atoms with Crippen LogP contribution in [-0.4, -0.2) is 32.9 Å². The molecule has 132 valence electrons. The van der Waals surface area contributed by atoms with Crippen LogP contribution < -0.4 is 10.6 Å². The molecular weight excluding hydrogens is 335 g/mol. The third-order valence-electron chi connectivity index (χ3n) is 4.14. The molecule has 9 heteroatoms. The molecule has 0 bridgehead atoms. The smallest absolute Gasteiger partial charge is 0.349 e. The topological polar surface area (TPSA) is 79.8 Å². The predicted octanol–water partition coefficient (Wildman–Crippen LogP) is 1.93. The second-order valence-corrected chi connectivity index (χ2v) is 6.02. The fraction of sp³-hybridized carbons (Fsp3) is 0.375. The molecule has 25 heavy (non-hydrogen) atoms. The number of nitrogens with one attached hydrogen (secondary N) is 2. The molecule has 6 nitrogen and oxygen atoms in total. The normalized spacial score (nSPS) is 20.0. The van der Waals surface area contributed by atoms with Gasteiger partial charge in [-0.15, -0.1) is 0 Å². The number of carbonyl (C=O) groups excluding carboxylic acids is 1. The average Bonchev–Trinajstić information content (AvgIpc) is 2.57. The summed E-state index contributed by atoms with van der Waals surface area (Å²) in [4.78, 5) is 23.6. The van der Waals surface area contributed by atoms with E-state index in [0.29, 0.717) is 17.0 Å². The van der Waals surface area contributed by atoms with Crippen molar-refractivity contribution in [2.24, 2.45) is 0 Å². The monoisotopic (exact) mass is 351 g/mol. The van der Waals surface area contributed by atoms with E-state index in [9.17, 15) is 18.0 Å². The van der Waals surface area contributed by atoms with E-state index in [1.54, 1.807) is 6.07 Å². The van der Waals surface area contributed by atoms with Gasteiger partial charge < -0.3 is 10.6 Å². The minimum Gasteiger partial charge on any atom is -0.349 e. The van der Waals surface area contributed by atoms with E-state index in [2.05, 4.69) is 25.6 Å². The minimum atomic E-state index is -4.48. The number of amides is 1. The fourth-order valence-corrected chi connectivity index (χ4v) is 2.42. The fourth-order valence-electron chi connectivity index (χ4n) is 2.42. The number of pyridine rings is 1. The van der Waals surface area contributed by atoms with Gasteiger partial charge in [-0.05, 0) is 38.1 Å². The SMILES string of the molecule is CC1(C(=O)NCc2cc(-c3ccc(C(F)(F)F)nc3)ncn2)CCN1. The number of nitrogens with zero attached hydrogens (tertiary/aromatic N) is 3. The zero-order valence-corrected chi connectivity index (χ0v) is 13.4. The molecule has 2 N–H and O–H groups in total. The van der Waals surface area contributed by atoms with Gasteiger partial charge in [0.25, 0.3) is 0 Å². The van der Waals surface area contributed by atoms with Crippen molar-refractivity contribution < 1.29 is 18.0 Å². The summed E-state index contributed by atoms with van der Waals surface area (Å²) in [5.41, 5.74) is -0.0722. The Morgan fingerprint density at radius 3 is 2.64 bits per heavy atom. The first-order valence-corrected chi connectivity index (χ1v) is 7.66. The molecule has 1 amide bonds. The Morgan fingerprint density at radius 1 is 1.32 bits per heavy atom. The van der Waals surface area contributed by atoms with E-state index in [0.717, 1.165) is 25.2 Å². The number of rotatable bonds is 4. The van der Waals surface area contributed by atoms with Crippen molar-refractivity contribution >= 4 is 5.91 Å². The lowest BCUT2D eigenvalue weighted by molar-refractivity contribution is -0.141. The molecule has 0 radical (unpaired) electrons. The zero-order chi connectivity index (χ0) is 18.1. The Balaban J connectivity index is 1.70. The van der Waals surface area contributed by atoms with Gasteiger partial charge in [0.05, 0.1) is 23.5 Å². The molecule has 1 aliphatic rings. The number of halogens is 3. The van der Waals surface area contributed by atoms with Crippen LogP contribution in [0, 0.1) is 0 Å². The molecule has 0 saturated carbocycles. The van der Waals surface area contributed by atoms with Crippen LogP contribution in [0.25, 0.3) is 11.3 Å². The maximum Gasteiger partial charge on any atom is 0.433 e. The third kappa shape index (κ3) is 3.76. The van der Waals surface area contributed by atoms with Crippen molar-refractivity contribution in [3.63, 3.8) is 0 Å². The highest BCUT2D eigenvalue weighted by Crippen LogP contribution is 2.28. The summed E-state index contributed by atoms with van der Waals surface area (Å²) in [5, 5.41) is 5.86. The van der Waals surface area contributed by atoms with Crippen LogP contribution >= 0.6 is 0 Å². The van der Waals surface area contributed by atoms with E-state index >= 15 is 0 Å². The van der Waals surface area contributed by atoms with Gasteiger partial charge in [-0.3, -0.25) is 9.78 Å². The largest absolute Gasteiger partial charge is 0.433 e. The first-order chi connectivity index (χ1) is 11.8. The zero-order valence-electron chi connectivity index (χ0n) is 13.4. The minimum absolute atomic E-state index is 0.116. The summed E-state index contributed by atoms with van der Waals surface area (Å²) in [6.45, 7) is 2.84. The van der Waals surface area contributed by atoms with E-state index in [4.69, 9.17) is 0 Å². The second kappa shape index (κ2) is 6.40. The molecule has 2 aromatic rings. The van der Waals surface area contributed by atoms with Gasteiger partial charge in [-0.1, -0.05) is 0 Å². The third-order valence-corrected chi connectivity index (χ3v) is 4.14. The Bertz CT molecular complexity index is 772. The molecule has 2 aromatic heterocycles. The number of hydrogen-bond acceptors (Lipinski definition) is 5. The Morgan fingerprint density at radius 2 is 2.08 bits per heavy atom. The van der Waals surface area contributed by atoms with Crippen LogP contribution in [0.15, 0.2) is 30.7 Å². The average molecular weight is 351 g/mol. The summed E-state index contributed by atoms with van der Waals surface area (Å²) in [6.07, 6.45) is -1.29. The van der Waals surface area contributed by atoms with Crippen LogP contribution in [0.5, 0.6) is 0 Å². The lowest BCUT2D eigenvalue weighted by atomic mass is 9.89. The lowest BCUT2D eigenvalue weighted by Crippen LogP contribution is -2.63. The number of carbonyl (C=O) groups is 1. The summed E-state index contributed by atoms with van der Waals surface area (Å²) in [7, 11) is 0. The lowest BCUT2D eigenvalue weighted by Gasteiger charge is -2.38. The van der Waals surface area contributed by atoms with Crippen LogP contribution in [0.3, 0.4) is 0 Å². The Labute approximate surface area is 141 Å². The van der Waals surface area contributed by atoms with Gasteiger partial charge in [0.2, 0.25) is 5.91 Å². The Kier molecular flexibility index (Phi) is 4.42. The van der Waals surface area contributed by atoms with Crippen molar-refractivity contribution in [3.8, 4) is 11.3 Å². The van der Waals surface area contributed by atoms with Crippen molar-refractivity contribution in [2.75, 3.05) is 6.54 Å². The van der Waals surface area contributed by atoms with Crippen LogP contribution in [0.2, 0.25) is 0 Å². The molecule has 1 saturated heterocycles. The van der Waals surface area contributed by atoms with Crippen molar-refractivity contribution in [1.29, 1.82) is 0 Å². The van der Waals surface area contributed by atoms with E-state index in [-0.39, 0.29) is 12.5 Å². The summed E-state index contributed by atoms with van der Waals surface area (Å²) >= 11 is 0. The highest BCUT2D eigenvalue weighted by molar-refractivity contribution is 5.86. The number of alkyl halides is 3. The standard InChI is InChI=1S/C16H16F3N5O/c1-15(4-5-24-15)14(25)21-8-11-6-12(23-9-22-11)10-2-3-13(20-7-10)16(17,18)19/h2-3,6-7,9,24H,4-5,8H2,1H3,(H,21,25).